The molecule has 0 aromatic rings. The van der Waals surface area contributed by atoms with Gasteiger partial charge in [-0.2, -0.15) is 0 Å². The van der Waals surface area contributed by atoms with E-state index in [9.17, 15) is 4.79 Å². The molecule has 0 saturated heterocycles. The van der Waals surface area contributed by atoms with Crippen molar-refractivity contribution < 1.29 is 4.79 Å². The SMILES string of the molecule is CCCN(CCC)[C@@H]1CCCC[C@H]1NC(=S)N[C@@H](C)C(=O)NC. The minimum atomic E-state index is -0.315. The van der Waals surface area contributed by atoms with Crippen molar-refractivity contribution >= 4 is 23.2 Å². The van der Waals surface area contributed by atoms with Crippen molar-refractivity contribution in [3.63, 3.8) is 0 Å². The minimum absolute atomic E-state index is 0.0482. The van der Waals surface area contributed by atoms with Crippen molar-refractivity contribution in [3.05, 3.63) is 0 Å². The number of likely N-dealkylation sites (N-methyl/N-ethyl adjacent to an activating group) is 1. The molecule has 0 aromatic carbocycles. The highest BCUT2D eigenvalue weighted by Crippen LogP contribution is 2.24. The molecule has 0 spiro atoms. The smallest absolute Gasteiger partial charge is 0.242 e. The molecule has 0 aromatic heterocycles. The third-order valence-electron chi connectivity index (χ3n) is 4.52. The maximum absolute atomic E-state index is 11.6. The Morgan fingerprint density at radius 1 is 1.22 bits per heavy atom. The van der Waals surface area contributed by atoms with Gasteiger partial charge in [0, 0.05) is 19.1 Å². The van der Waals surface area contributed by atoms with E-state index >= 15 is 0 Å². The topological polar surface area (TPSA) is 56.4 Å². The van der Waals surface area contributed by atoms with Gasteiger partial charge in [-0.05, 0) is 57.9 Å². The Bertz CT molecular complexity index is 372. The number of nitrogens with one attached hydrogen (secondary N) is 3. The molecule has 23 heavy (non-hydrogen) atoms. The van der Waals surface area contributed by atoms with Crippen LogP contribution in [0.2, 0.25) is 0 Å². The molecule has 1 amide bonds. The number of carbonyl (C=O) groups is 1. The maximum Gasteiger partial charge on any atom is 0.242 e. The van der Waals surface area contributed by atoms with Gasteiger partial charge in [-0.3, -0.25) is 9.69 Å². The van der Waals surface area contributed by atoms with Crippen molar-refractivity contribution in [2.45, 2.75) is 77.4 Å². The Balaban J connectivity index is 2.62. The number of carbonyl (C=O) groups excluding carboxylic acids is 1. The molecular weight excluding hydrogens is 308 g/mol. The van der Waals surface area contributed by atoms with Crippen LogP contribution in [0.3, 0.4) is 0 Å². The van der Waals surface area contributed by atoms with Crippen LogP contribution in [0.1, 0.15) is 59.3 Å². The lowest BCUT2D eigenvalue weighted by molar-refractivity contribution is -0.121. The summed E-state index contributed by atoms with van der Waals surface area (Å²) in [7, 11) is 1.64. The van der Waals surface area contributed by atoms with Gasteiger partial charge < -0.3 is 16.0 Å². The molecule has 134 valence electrons. The van der Waals surface area contributed by atoms with E-state index in [1.807, 2.05) is 6.92 Å². The van der Waals surface area contributed by atoms with Crippen LogP contribution in [0.15, 0.2) is 0 Å². The average molecular weight is 343 g/mol. The molecule has 0 unspecified atom stereocenters. The number of nitrogens with zero attached hydrogens (tertiary/aromatic N) is 1. The summed E-state index contributed by atoms with van der Waals surface area (Å²) in [6, 6.07) is 0.599. The van der Waals surface area contributed by atoms with E-state index in [2.05, 4.69) is 34.7 Å². The van der Waals surface area contributed by atoms with Crippen LogP contribution >= 0.6 is 12.2 Å². The summed E-state index contributed by atoms with van der Waals surface area (Å²) in [5, 5.41) is 9.79. The number of amides is 1. The molecule has 1 saturated carbocycles. The van der Waals surface area contributed by atoms with Crippen LogP contribution in [0.5, 0.6) is 0 Å². The van der Waals surface area contributed by atoms with Crippen LogP contribution < -0.4 is 16.0 Å². The molecule has 1 aliphatic rings. The van der Waals surface area contributed by atoms with E-state index in [4.69, 9.17) is 12.2 Å². The molecule has 3 atom stereocenters. The van der Waals surface area contributed by atoms with E-state index < -0.39 is 0 Å². The molecule has 6 heteroatoms. The second-order valence-corrected chi connectivity index (χ2v) is 6.86. The lowest BCUT2D eigenvalue weighted by atomic mass is 9.89. The quantitative estimate of drug-likeness (QED) is 0.589. The van der Waals surface area contributed by atoms with Crippen LogP contribution in [-0.4, -0.2) is 54.2 Å². The zero-order valence-corrected chi connectivity index (χ0v) is 16.0. The number of hydrogen-bond acceptors (Lipinski definition) is 3. The monoisotopic (exact) mass is 342 g/mol. The fourth-order valence-electron chi connectivity index (χ4n) is 3.42. The lowest BCUT2D eigenvalue weighted by Gasteiger charge is -2.41. The van der Waals surface area contributed by atoms with E-state index in [1.54, 1.807) is 7.05 Å². The third kappa shape index (κ3) is 6.63. The summed E-state index contributed by atoms with van der Waals surface area (Å²) >= 11 is 5.43. The summed E-state index contributed by atoms with van der Waals surface area (Å²) in [6.07, 6.45) is 7.27. The fraction of sp³-hybridized carbons (Fsp3) is 0.882. The third-order valence-corrected chi connectivity index (χ3v) is 4.76. The number of hydrogen-bond donors (Lipinski definition) is 3. The first-order chi connectivity index (χ1) is 11.0. The Labute approximate surface area is 147 Å². The molecule has 1 fully saturated rings. The normalized spacial score (nSPS) is 22.5. The van der Waals surface area contributed by atoms with Gasteiger partial charge in [-0.1, -0.05) is 26.7 Å². The maximum atomic E-state index is 11.6. The van der Waals surface area contributed by atoms with Crippen molar-refractivity contribution in [3.8, 4) is 0 Å². The van der Waals surface area contributed by atoms with Crippen LogP contribution in [0, 0.1) is 0 Å². The summed E-state index contributed by atoms with van der Waals surface area (Å²) in [6.45, 7) is 8.60. The minimum Gasteiger partial charge on any atom is -0.358 e. The first kappa shape index (κ1) is 20.2. The lowest BCUT2D eigenvalue weighted by Crippen LogP contribution is -2.57. The van der Waals surface area contributed by atoms with Gasteiger partial charge in [-0.15, -0.1) is 0 Å². The first-order valence-corrected chi connectivity index (χ1v) is 9.46. The molecule has 1 rings (SSSR count). The zero-order chi connectivity index (χ0) is 17.2. The van der Waals surface area contributed by atoms with Gasteiger partial charge in [-0.25, -0.2) is 0 Å². The van der Waals surface area contributed by atoms with Crippen LogP contribution in [-0.2, 0) is 4.79 Å². The second-order valence-electron chi connectivity index (χ2n) is 6.45. The van der Waals surface area contributed by atoms with Crippen LogP contribution in [0.25, 0.3) is 0 Å². The van der Waals surface area contributed by atoms with Crippen molar-refractivity contribution in [1.29, 1.82) is 0 Å². The van der Waals surface area contributed by atoms with Crippen molar-refractivity contribution in [2.75, 3.05) is 20.1 Å². The van der Waals surface area contributed by atoms with Crippen molar-refractivity contribution in [1.82, 2.24) is 20.9 Å². The van der Waals surface area contributed by atoms with E-state index in [0.29, 0.717) is 17.2 Å². The van der Waals surface area contributed by atoms with Gasteiger partial charge in [0.1, 0.15) is 6.04 Å². The van der Waals surface area contributed by atoms with E-state index in [0.717, 1.165) is 19.5 Å². The van der Waals surface area contributed by atoms with Gasteiger partial charge in [0.2, 0.25) is 5.91 Å². The highest BCUT2D eigenvalue weighted by atomic mass is 32.1. The second kappa shape index (κ2) is 10.8. The van der Waals surface area contributed by atoms with Gasteiger partial charge in [0.05, 0.1) is 0 Å². The van der Waals surface area contributed by atoms with E-state index in [-0.39, 0.29) is 11.9 Å². The number of rotatable bonds is 8. The fourth-order valence-corrected chi connectivity index (χ4v) is 3.75. The van der Waals surface area contributed by atoms with Crippen molar-refractivity contribution in [2.24, 2.45) is 0 Å². The Kier molecular flexibility index (Phi) is 9.48. The Morgan fingerprint density at radius 2 is 1.83 bits per heavy atom. The summed E-state index contributed by atoms with van der Waals surface area (Å²) < 4.78 is 0. The molecular formula is C17H34N4OS. The number of thiocarbonyl (C=S) groups is 1. The standard InChI is InChI=1S/C17H34N4OS/c1-5-11-21(12-6-2)15-10-8-7-9-14(15)20-17(23)19-13(3)16(22)18-4/h13-15H,5-12H2,1-4H3,(H,18,22)(H2,19,20,23)/t13-,14+,15+/m0/s1. The summed E-state index contributed by atoms with van der Waals surface area (Å²) in [5.74, 6) is -0.0482. The highest BCUT2D eigenvalue weighted by molar-refractivity contribution is 7.80. The Hall–Kier alpha value is -0.880. The predicted octanol–water partition coefficient (Wildman–Crippen LogP) is 2.02. The van der Waals surface area contributed by atoms with Crippen LogP contribution in [0.4, 0.5) is 0 Å². The molecule has 5 nitrogen and oxygen atoms in total. The molecule has 0 radical (unpaired) electrons. The van der Waals surface area contributed by atoms with Gasteiger partial charge in [0.25, 0.3) is 0 Å². The molecule has 0 heterocycles. The largest absolute Gasteiger partial charge is 0.358 e. The molecule has 0 aliphatic heterocycles. The molecule has 1 aliphatic carbocycles. The summed E-state index contributed by atoms with van der Waals surface area (Å²) in [4.78, 5) is 14.2. The van der Waals surface area contributed by atoms with Gasteiger partial charge in [0.15, 0.2) is 5.11 Å². The summed E-state index contributed by atoms with van der Waals surface area (Å²) in [5.41, 5.74) is 0. The highest BCUT2D eigenvalue weighted by Gasteiger charge is 2.30. The molecule has 0 bridgehead atoms. The predicted molar refractivity (Wildman–Crippen MR) is 101 cm³/mol. The van der Waals surface area contributed by atoms with E-state index in [1.165, 1.54) is 32.1 Å². The van der Waals surface area contributed by atoms with Gasteiger partial charge >= 0.3 is 0 Å². The first-order valence-electron chi connectivity index (χ1n) is 9.06. The Morgan fingerprint density at radius 3 is 2.39 bits per heavy atom. The zero-order valence-electron chi connectivity index (χ0n) is 15.2. The average Bonchev–Trinajstić information content (AvgIpc) is 2.54. The molecule has 3 N–H and O–H groups in total.